The summed E-state index contributed by atoms with van der Waals surface area (Å²) in [5.41, 5.74) is 2.65. The summed E-state index contributed by atoms with van der Waals surface area (Å²) in [5.74, 6) is 1.46. The van der Waals surface area contributed by atoms with Crippen molar-refractivity contribution in [3.8, 4) is 5.88 Å². The molecule has 116 valence electrons. The zero-order chi connectivity index (χ0) is 14.5. The Morgan fingerprint density at radius 3 is 2.71 bits per heavy atom. The highest BCUT2D eigenvalue weighted by Crippen LogP contribution is 2.28. The van der Waals surface area contributed by atoms with Gasteiger partial charge in [0.1, 0.15) is 0 Å². The predicted octanol–water partition coefficient (Wildman–Crippen LogP) is 2.54. The molecule has 0 saturated carbocycles. The van der Waals surface area contributed by atoms with Gasteiger partial charge in [-0.3, -0.25) is 4.90 Å². The lowest BCUT2D eigenvalue weighted by Gasteiger charge is -2.28. The molecule has 2 aliphatic heterocycles. The van der Waals surface area contributed by atoms with Crippen LogP contribution < -0.4 is 10.1 Å². The highest BCUT2D eigenvalue weighted by atomic mass is 16.5. The third-order valence-electron chi connectivity index (χ3n) is 4.79. The van der Waals surface area contributed by atoms with Crippen molar-refractivity contribution in [1.29, 1.82) is 0 Å². The van der Waals surface area contributed by atoms with Crippen molar-refractivity contribution >= 4 is 0 Å². The molecule has 0 bridgehead atoms. The molecule has 0 aliphatic carbocycles. The molecule has 4 nitrogen and oxygen atoms in total. The van der Waals surface area contributed by atoms with Gasteiger partial charge in [-0.05, 0) is 69.4 Å². The maximum Gasteiger partial charge on any atom is 0.217 e. The summed E-state index contributed by atoms with van der Waals surface area (Å²) in [5, 5.41) is 3.43. The van der Waals surface area contributed by atoms with E-state index in [0.717, 1.165) is 25.5 Å². The van der Waals surface area contributed by atoms with Crippen molar-refractivity contribution in [2.45, 2.75) is 44.6 Å². The van der Waals surface area contributed by atoms with Gasteiger partial charge in [-0.25, -0.2) is 4.98 Å². The van der Waals surface area contributed by atoms with Crippen molar-refractivity contribution in [2.75, 3.05) is 33.3 Å². The van der Waals surface area contributed by atoms with Crippen LogP contribution in [0.1, 0.15) is 49.1 Å². The van der Waals surface area contributed by atoms with Gasteiger partial charge in [0.2, 0.25) is 5.88 Å². The Morgan fingerprint density at radius 2 is 2.00 bits per heavy atom. The molecule has 1 aromatic heterocycles. The lowest BCUT2D eigenvalue weighted by molar-refractivity contribution is 0.217. The van der Waals surface area contributed by atoms with E-state index < -0.39 is 0 Å². The van der Waals surface area contributed by atoms with Gasteiger partial charge in [0.25, 0.3) is 0 Å². The average molecular weight is 289 g/mol. The lowest BCUT2D eigenvalue weighted by Crippen LogP contribution is -2.29. The molecule has 21 heavy (non-hydrogen) atoms. The molecule has 2 fully saturated rings. The molecule has 0 spiro atoms. The summed E-state index contributed by atoms with van der Waals surface area (Å²) in [7, 11) is 1.73. The Hall–Kier alpha value is -1.13. The number of aromatic nitrogens is 1. The first-order chi connectivity index (χ1) is 10.4. The van der Waals surface area contributed by atoms with Crippen LogP contribution in [-0.2, 0) is 6.54 Å². The number of likely N-dealkylation sites (tertiary alicyclic amines) is 1. The first-order valence-electron chi connectivity index (χ1n) is 8.32. The van der Waals surface area contributed by atoms with Crippen LogP contribution in [0.5, 0.6) is 5.88 Å². The topological polar surface area (TPSA) is 37.4 Å². The van der Waals surface area contributed by atoms with Gasteiger partial charge >= 0.3 is 0 Å². The summed E-state index contributed by atoms with van der Waals surface area (Å²) >= 11 is 0. The number of rotatable bonds is 4. The Kier molecular flexibility index (Phi) is 5.09. The zero-order valence-corrected chi connectivity index (χ0v) is 13.1. The van der Waals surface area contributed by atoms with E-state index in [1.807, 2.05) is 6.20 Å². The van der Waals surface area contributed by atoms with E-state index in [9.17, 15) is 0 Å². The quantitative estimate of drug-likeness (QED) is 0.924. The van der Waals surface area contributed by atoms with E-state index >= 15 is 0 Å². The SMILES string of the molecule is COc1ncc(C2CCNCC2)cc1CN1CCCCC1. The number of methoxy groups -OCH3 is 1. The minimum Gasteiger partial charge on any atom is -0.481 e. The van der Waals surface area contributed by atoms with Crippen LogP contribution in [0.15, 0.2) is 12.3 Å². The highest BCUT2D eigenvalue weighted by Gasteiger charge is 2.19. The molecule has 0 radical (unpaired) electrons. The predicted molar refractivity (Wildman–Crippen MR) is 84.8 cm³/mol. The molecule has 2 aliphatic rings. The van der Waals surface area contributed by atoms with Crippen molar-refractivity contribution in [3.63, 3.8) is 0 Å². The first-order valence-corrected chi connectivity index (χ1v) is 8.32. The Balaban J connectivity index is 1.75. The zero-order valence-electron chi connectivity index (χ0n) is 13.1. The van der Waals surface area contributed by atoms with E-state index in [-0.39, 0.29) is 0 Å². The fourth-order valence-electron chi connectivity index (χ4n) is 3.55. The monoisotopic (exact) mass is 289 g/mol. The molecule has 0 atom stereocenters. The number of nitrogens with zero attached hydrogens (tertiary/aromatic N) is 2. The van der Waals surface area contributed by atoms with Gasteiger partial charge < -0.3 is 10.1 Å². The van der Waals surface area contributed by atoms with Crippen LogP contribution in [0.25, 0.3) is 0 Å². The lowest BCUT2D eigenvalue weighted by atomic mass is 9.90. The highest BCUT2D eigenvalue weighted by molar-refractivity contribution is 5.32. The summed E-state index contributed by atoms with van der Waals surface area (Å²) in [6.07, 6.45) is 8.48. The van der Waals surface area contributed by atoms with Crippen LogP contribution in [0.3, 0.4) is 0 Å². The van der Waals surface area contributed by atoms with E-state index in [4.69, 9.17) is 4.74 Å². The molecular weight excluding hydrogens is 262 g/mol. The Morgan fingerprint density at radius 1 is 1.24 bits per heavy atom. The van der Waals surface area contributed by atoms with Gasteiger partial charge in [-0.2, -0.15) is 0 Å². The normalized spacial score (nSPS) is 21.4. The number of piperidine rings is 2. The van der Waals surface area contributed by atoms with Crippen LogP contribution in [-0.4, -0.2) is 43.2 Å². The molecule has 3 heterocycles. The molecule has 0 amide bonds. The molecule has 4 heteroatoms. The van der Waals surface area contributed by atoms with Gasteiger partial charge in [0.05, 0.1) is 7.11 Å². The number of nitrogens with one attached hydrogen (secondary N) is 1. The van der Waals surface area contributed by atoms with Crippen LogP contribution >= 0.6 is 0 Å². The van der Waals surface area contributed by atoms with Crippen LogP contribution in [0, 0.1) is 0 Å². The number of ether oxygens (including phenoxy) is 1. The van der Waals surface area contributed by atoms with Gasteiger partial charge in [-0.15, -0.1) is 0 Å². The molecule has 2 saturated heterocycles. The second-order valence-electron chi connectivity index (χ2n) is 6.30. The summed E-state index contributed by atoms with van der Waals surface area (Å²) in [6.45, 7) is 5.65. The summed E-state index contributed by atoms with van der Waals surface area (Å²) in [6, 6.07) is 2.34. The smallest absolute Gasteiger partial charge is 0.217 e. The van der Waals surface area contributed by atoms with E-state index in [1.165, 1.54) is 56.3 Å². The van der Waals surface area contributed by atoms with Crippen molar-refractivity contribution in [3.05, 3.63) is 23.4 Å². The van der Waals surface area contributed by atoms with Crippen molar-refractivity contribution in [1.82, 2.24) is 15.2 Å². The van der Waals surface area contributed by atoms with Crippen molar-refractivity contribution < 1.29 is 4.74 Å². The number of hydrogen-bond acceptors (Lipinski definition) is 4. The fraction of sp³-hybridized carbons (Fsp3) is 0.706. The van der Waals surface area contributed by atoms with Crippen molar-refractivity contribution in [2.24, 2.45) is 0 Å². The Bertz CT molecular complexity index is 451. The number of pyridine rings is 1. The van der Waals surface area contributed by atoms with Crippen LogP contribution in [0.4, 0.5) is 0 Å². The average Bonchev–Trinajstić information content (AvgIpc) is 2.56. The van der Waals surface area contributed by atoms with E-state index in [0.29, 0.717) is 5.92 Å². The molecule has 1 N–H and O–H groups in total. The maximum absolute atomic E-state index is 5.48. The minimum absolute atomic E-state index is 0.657. The Labute approximate surface area is 127 Å². The maximum atomic E-state index is 5.48. The third kappa shape index (κ3) is 3.74. The molecule has 0 unspecified atom stereocenters. The van der Waals surface area contributed by atoms with E-state index in [1.54, 1.807) is 7.11 Å². The standard InChI is InChI=1S/C17H27N3O/c1-21-17-16(13-20-9-3-2-4-10-20)11-15(12-19-17)14-5-7-18-8-6-14/h11-12,14,18H,2-10,13H2,1H3. The van der Waals surface area contributed by atoms with Gasteiger partial charge in [-0.1, -0.05) is 6.42 Å². The fourth-order valence-corrected chi connectivity index (χ4v) is 3.55. The van der Waals surface area contributed by atoms with Gasteiger partial charge in [0, 0.05) is 18.3 Å². The summed E-state index contributed by atoms with van der Waals surface area (Å²) < 4.78 is 5.48. The second-order valence-corrected chi connectivity index (χ2v) is 6.30. The summed E-state index contributed by atoms with van der Waals surface area (Å²) in [4.78, 5) is 7.11. The first kappa shape index (κ1) is 14.8. The van der Waals surface area contributed by atoms with Gasteiger partial charge in [0.15, 0.2) is 0 Å². The molecule has 1 aromatic rings. The minimum atomic E-state index is 0.657. The molecule has 0 aromatic carbocycles. The van der Waals surface area contributed by atoms with E-state index in [2.05, 4.69) is 21.3 Å². The van der Waals surface area contributed by atoms with Crippen LogP contribution in [0.2, 0.25) is 0 Å². The molecular formula is C17H27N3O. The molecule has 3 rings (SSSR count). The third-order valence-corrected chi connectivity index (χ3v) is 4.79. The second kappa shape index (κ2) is 7.23. The largest absolute Gasteiger partial charge is 0.481 e. The number of hydrogen-bond donors (Lipinski definition) is 1.